The number of rotatable bonds is 3. The number of esters is 1. The van der Waals surface area contributed by atoms with Gasteiger partial charge in [0.1, 0.15) is 17.4 Å². The van der Waals surface area contributed by atoms with Gasteiger partial charge in [-0.05, 0) is 6.92 Å². The molecule has 0 aliphatic rings. The van der Waals surface area contributed by atoms with Crippen molar-refractivity contribution in [1.82, 2.24) is 0 Å². The van der Waals surface area contributed by atoms with Crippen molar-refractivity contribution >= 4 is 11.7 Å². The van der Waals surface area contributed by atoms with E-state index in [1.54, 1.807) is 0 Å². The molecule has 0 amide bonds. The van der Waals surface area contributed by atoms with Crippen molar-refractivity contribution in [3.63, 3.8) is 0 Å². The number of hydrogen-bond acceptors (Lipinski definition) is 5. The molecule has 0 fully saturated rings. The summed E-state index contributed by atoms with van der Waals surface area (Å²) in [6, 6.07) is 2.93. The first-order chi connectivity index (χ1) is 8.01. The number of non-ortho nitro benzene ring substituents is 1. The van der Waals surface area contributed by atoms with Crippen LogP contribution in [0.25, 0.3) is 0 Å². The Hall–Kier alpha value is -2.49. The monoisotopic (exact) mass is 238 g/mol. The van der Waals surface area contributed by atoms with E-state index in [0.29, 0.717) is 6.07 Å². The molecule has 0 aromatic heterocycles. The molecule has 88 valence electrons. The number of nitriles is 1. The van der Waals surface area contributed by atoms with Gasteiger partial charge >= 0.3 is 5.97 Å². The highest BCUT2D eigenvalue weighted by molar-refractivity contribution is 5.93. The van der Waals surface area contributed by atoms with Gasteiger partial charge in [0.25, 0.3) is 5.69 Å². The van der Waals surface area contributed by atoms with Crippen LogP contribution in [0.3, 0.4) is 0 Å². The summed E-state index contributed by atoms with van der Waals surface area (Å²) in [6.07, 6.45) is 0. The summed E-state index contributed by atoms with van der Waals surface area (Å²) in [5, 5.41) is 19.2. The summed E-state index contributed by atoms with van der Waals surface area (Å²) in [7, 11) is 0. The van der Waals surface area contributed by atoms with Crippen LogP contribution in [0.5, 0.6) is 0 Å². The summed E-state index contributed by atoms with van der Waals surface area (Å²) in [5.74, 6) is -2.16. The minimum absolute atomic E-state index is 0.0140. The molecule has 0 aliphatic heterocycles. The van der Waals surface area contributed by atoms with Crippen LogP contribution in [-0.4, -0.2) is 17.5 Å². The Kier molecular flexibility index (Phi) is 3.72. The van der Waals surface area contributed by atoms with Crippen molar-refractivity contribution in [2.45, 2.75) is 6.92 Å². The molecule has 0 atom stereocenters. The molecule has 0 aliphatic carbocycles. The van der Waals surface area contributed by atoms with Crippen molar-refractivity contribution in [2.75, 3.05) is 6.61 Å². The molecule has 0 saturated carbocycles. The lowest BCUT2D eigenvalue weighted by molar-refractivity contribution is -0.385. The first-order valence-corrected chi connectivity index (χ1v) is 4.56. The predicted molar refractivity (Wildman–Crippen MR) is 53.7 cm³/mol. The van der Waals surface area contributed by atoms with E-state index in [-0.39, 0.29) is 6.61 Å². The normalized spacial score (nSPS) is 9.47. The van der Waals surface area contributed by atoms with Crippen LogP contribution >= 0.6 is 0 Å². The van der Waals surface area contributed by atoms with Crippen molar-refractivity contribution in [3.8, 4) is 6.07 Å². The molecule has 0 unspecified atom stereocenters. The molecule has 7 heteroatoms. The first-order valence-electron chi connectivity index (χ1n) is 4.56. The minimum atomic E-state index is -1.14. The Bertz CT molecular complexity index is 522. The highest BCUT2D eigenvalue weighted by atomic mass is 19.1. The maximum Gasteiger partial charge on any atom is 0.342 e. The van der Waals surface area contributed by atoms with Crippen LogP contribution < -0.4 is 0 Å². The van der Waals surface area contributed by atoms with Gasteiger partial charge in [-0.25, -0.2) is 9.18 Å². The number of carbonyl (C=O) groups is 1. The predicted octanol–water partition coefficient (Wildman–Crippen LogP) is 1.78. The second-order valence-corrected chi connectivity index (χ2v) is 2.94. The van der Waals surface area contributed by atoms with E-state index in [2.05, 4.69) is 4.74 Å². The quantitative estimate of drug-likeness (QED) is 0.454. The van der Waals surface area contributed by atoms with Gasteiger partial charge in [-0.2, -0.15) is 5.26 Å². The van der Waals surface area contributed by atoms with Gasteiger partial charge in [0, 0.05) is 6.07 Å². The molecule has 0 heterocycles. The number of carbonyl (C=O) groups excluding carboxylic acids is 1. The molecule has 0 N–H and O–H groups in total. The number of benzene rings is 1. The first kappa shape index (κ1) is 12.6. The Morgan fingerprint density at radius 3 is 2.76 bits per heavy atom. The highest BCUT2D eigenvalue weighted by Crippen LogP contribution is 2.21. The van der Waals surface area contributed by atoms with E-state index in [4.69, 9.17) is 5.26 Å². The number of nitrogens with zero attached hydrogens (tertiary/aromatic N) is 2. The lowest BCUT2D eigenvalue weighted by Gasteiger charge is -2.04. The second kappa shape index (κ2) is 5.03. The standard InChI is InChI=1S/C10H7FN2O4/c1-2-17-10(14)9-6(5-12)3-7(13(15)16)4-8(9)11/h3-4H,2H2,1H3. The van der Waals surface area contributed by atoms with Gasteiger partial charge in [0.05, 0.1) is 23.2 Å². The Morgan fingerprint density at radius 2 is 2.29 bits per heavy atom. The zero-order valence-electron chi connectivity index (χ0n) is 8.77. The van der Waals surface area contributed by atoms with Crippen molar-refractivity contribution < 1.29 is 18.8 Å². The maximum atomic E-state index is 13.5. The molecule has 17 heavy (non-hydrogen) atoms. The molecule has 1 rings (SSSR count). The fourth-order valence-corrected chi connectivity index (χ4v) is 1.20. The summed E-state index contributed by atoms with van der Waals surface area (Å²) in [5.41, 5.74) is -1.60. The third-order valence-electron chi connectivity index (χ3n) is 1.89. The molecule has 0 saturated heterocycles. The molecular formula is C10H7FN2O4. The molecule has 1 aromatic carbocycles. The third kappa shape index (κ3) is 2.55. The molecular weight excluding hydrogens is 231 g/mol. The van der Waals surface area contributed by atoms with Gasteiger partial charge in [0.15, 0.2) is 0 Å². The lowest BCUT2D eigenvalue weighted by Crippen LogP contribution is -2.10. The molecule has 0 radical (unpaired) electrons. The van der Waals surface area contributed by atoms with E-state index in [9.17, 15) is 19.3 Å². The van der Waals surface area contributed by atoms with Crippen LogP contribution in [0.2, 0.25) is 0 Å². The van der Waals surface area contributed by atoms with Gasteiger partial charge in [-0.15, -0.1) is 0 Å². The Labute approximate surface area is 95.4 Å². The zero-order chi connectivity index (χ0) is 13.0. The summed E-state index contributed by atoms with van der Waals surface area (Å²) < 4.78 is 18.0. The fourth-order valence-electron chi connectivity index (χ4n) is 1.20. The van der Waals surface area contributed by atoms with E-state index in [0.717, 1.165) is 6.07 Å². The number of ether oxygens (including phenoxy) is 1. The van der Waals surface area contributed by atoms with Crippen LogP contribution in [0.4, 0.5) is 10.1 Å². The fraction of sp³-hybridized carbons (Fsp3) is 0.200. The molecule has 0 spiro atoms. The maximum absolute atomic E-state index is 13.5. The second-order valence-electron chi connectivity index (χ2n) is 2.94. The van der Waals surface area contributed by atoms with Crippen molar-refractivity contribution in [3.05, 3.63) is 39.2 Å². The summed E-state index contributed by atoms with van der Waals surface area (Å²) in [6.45, 7) is 1.54. The topological polar surface area (TPSA) is 93.2 Å². The smallest absolute Gasteiger partial charge is 0.342 e. The number of nitro groups is 1. The third-order valence-corrected chi connectivity index (χ3v) is 1.89. The number of halogens is 1. The van der Waals surface area contributed by atoms with Gasteiger partial charge in [-0.3, -0.25) is 10.1 Å². The molecule has 6 nitrogen and oxygen atoms in total. The van der Waals surface area contributed by atoms with Crippen LogP contribution in [0.15, 0.2) is 12.1 Å². The van der Waals surface area contributed by atoms with E-state index in [1.807, 2.05) is 0 Å². The largest absolute Gasteiger partial charge is 0.462 e. The van der Waals surface area contributed by atoms with Crippen molar-refractivity contribution in [2.24, 2.45) is 0 Å². The van der Waals surface area contributed by atoms with E-state index < -0.39 is 33.5 Å². The van der Waals surface area contributed by atoms with Crippen LogP contribution in [0, 0.1) is 27.3 Å². The van der Waals surface area contributed by atoms with E-state index >= 15 is 0 Å². The Morgan fingerprint density at radius 1 is 1.65 bits per heavy atom. The lowest BCUT2D eigenvalue weighted by atomic mass is 10.1. The van der Waals surface area contributed by atoms with Gasteiger partial charge < -0.3 is 4.74 Å². The van der Waals surface area contributed by atoms with Crippen LogP contribution in [-0.2, 0) is 4.74 Å². The van der Waals surface area contributed by atoms with Gasteiger partial charge in [0.2, 0.25) is 0 Å². The summed E-state index contributed by atoms with van der Waals surface area (Å²) in [4.78, 5) is 20.9. The number of nitro benzene ring substituents is 1. The van der Waals surface area contributed by atoms with Crippen LogP contribution in [0.1, 0.15) is 22.8 Å². The van der Waals surface area contributed by atoms with Crippen molar-refractivity contribution in [1.29, 1.82) is 5.26 Å². The highest BCUT2D eigenvalue weighted by Gasteiger charge is 2.22. The average Bonchev–Trinajstić information content (AvgIpc) is 2.27. The zero-order valence-corrected chi connectivity index (χ0v) is 8.77. The molecule has 0 bridgehead atoms. The summed E-state index contributed by atoms with van der Waals surface area (Å²) >= 11 is 0. The van der Waals surface area contributed by atoms with Gasteiger partial charge in [-0.1, -0.05) is 0 Å². The number of hydrogen-bond donors (Lipinski definition) is 0. The molecule has 1 aromatic rings. The minimum Gasteiger partial charge on any atom is -0.462 e. The average molecular weight is 238 g/mol. The SMILES string of the molecule is CCOC(=O)c1c(F)cc([N+](=O)[O-])cc1C#N. The Balaban J connectivity index is 3.37. The van der Waals surface area contributed by atoms with E-state index in [1.165, 1.54) is 13.0 Å².